The Morgan fingerprint density at radius 3 is 2.15 bits per heavy atom. The van der Waals surface area contributed by atoms with E-state index in [2.05, 4.69) is 73.9 Å². The number of benzene rings is 4. The molecule has 0 unspecified atom stereocenters. The Labute approximate surface area is 344 Å². The molecule has 7 heteroatoms. The summed E-state index contributed by atoms with van der Waals surface area (Å²) < 4.78 is 54.8. The Morgan fingerprint density at radius 1 is 0.741 bits per heavy atom. The molecule has 0 fully saturated rings. The predicted molar refractivity (Wildman–Crippen MR) is 226 cm³/mol. The van der Waals surface area contributed by atoms with E-state index >= 15 is 0 Å². The van der Waals surface area contributed by atoms with Crippen molar-refractivity contribution >= 4 is 66.8 Å². The Bertz CT molecular complexity index is 2970. The number of aryl methyl sites for hydroxylation is 2. The minimum Gasteiger partial charge on any atom is -0.483 e. The second-order valence-corrected chi connectivity index (χ2v) is 20.9. The molecular formula is C47H41IrN3OSSi-2. The van der Waals surface area contributed by atoms with Crippen LogP contribution in [0.25, 0.3) is 64.8 Å². The SMILES string of the molecule is [2H]C([2H])([2H])c1c[c-]c(-c2ccc([Si](C)(C)C)cn2)c2sc3ccccc3c12.[2H]C([2H])([2H])c1ccc(-c2[c-]nc3oc4ccccc4c3c2C(C)(C)c2ccccc2)nc1.[Ir]. The third kappa shape index (κ3) is 6.86. The van der Waals surface area contributed by atoms with Crippen LogP contribution < -0.4 is 5.19 Å². The number of thiophene rings is 1. The standard InChI is InChI=1S/C26H21N2O.C21H20NSSi.Ir/c1-17-13-14-21(27-15-17)20-16-28-25-23(19-11-7-8-12-22(19)29-25)24(20)26(2,3)18-9-5-4-6-10-18;1-14-9-11-16(18-12-10-15(13-22-18)24(2,3)4)21-20(14)17-7-5-6-8-19(17)23-21;/h4-15H,1-3H3;5-10,12-13H,1-4H3;/q2*-1;/i2*1D3;. The second kappa shape index (κ2) is 14.8. The number of para-hydroxylation sites is 1. The molecular weight excluding hydrogens is 875 g/mol. The Balaban J connectivity index is 0.000000181. The first kappa shape index (κ1) is 30.5. The molecule has 4 aromatic carbocycles. The smallest absolute Gasteiger partial charge is 0.142 e. The van der Waals surface area contributed by atoms with Gasteiger partial charge in [-0.3, -0.25) is 0 Å². The van der Waals surface area contributed by atoms with Gasteiger partial charge in [-0.25, -0.2) is 0 Å². The molecule has 0 aliphatic carbocycles. The minimum atomic E-state index is -2.20. The van der Waals surface area contributed by atoms with Gasteiger partial charge in [0.1, 0.15) is 11.3 Å². The molecule has 9 aromatic rings. The maximum absolute atomic E-state index is 7.95. The summed E-state index contributed by atoms with van der Waals surface area (Å²) in [6.45, 7) is 6.83. The predicted octanol–water partition coefficient (Wildman–Crippen LogP) is 12.2. The van der Waals surface area contributed by atoms with Crippen LogP contribution in [-0.4, -0.2) is 23.0 Å². The van der Waals surface area contributed by atoms with Crippen LogP contribution in [0.3, 0.4) is 0 Å². The normalized spacial score (nSPS) is 13.9. The molecule has 0 N–H and O–H groups in total. The summed E-state index contributed by atoms with van der Waals surface area (Å²) in [5.74, 6) is 0. The van der Waals surface area contributed by atoms with E-state index in [0.717, 1.165) is 64.5 Å². The van der Waals surface area contributed by atoms with Crippen LogP contribution >= 0.6 is 11.3 Å². The summed E-state index contributed by atoms with van der Waals surface area (Å²) in [5, 5.41) is 4.99. The van der Waals surface area contributed by atoms with Gasteiger partial charge in [-0.15, -0.1) is 34.4 Å². The fourth-order valence-corrected chi connectivity index (χ4v) is 9.21. The van der Waals surface area contributed by atoms with Crippen molar-refractivity contribution in [2.24, 2.45) is 0 Å². The molecule has 54 heavy (non-hydrogen) atoms. The van der Waals surface area contributed by atoms with Crippen molar-refractivity contribution in [3.63, 3.8) is 0 Å². The molecule has 0 bridgehead atoms. The number of hydrogen-bond donors (Lipinski definition) is 0. The van der Waals surface area contributed by atoms with Crippen molar-refractivity contribution in [3.8, 4) is 22.5 Å². The molecule has 4 nitrogen and oxygen atoms in total. The van der Waals surface area contributed by atoms with Gasteiger partial charge in [0.25, 0.3) is 0 Å². The van der Waals surface area contributed by atoms with Gasteiger partial charge in [-0.05, 0) is 73.8 Å². The molecule has 5 heterocycles. The number of aromatic nitrogens is 3. The molecule has 0 amide bonds. The second-order valence-electron chi connectivity index (χ2n) is 14.7. The first-order valence-corrected chi connectivity index (χ1v) is 21.8. The van der Waals surface area contributed by atoms with Crippen LogP contribution in [0.4, 0.5) is 0 Å². The monoisotopic (exact) mass is 922 g/mol. The zero-order chi connectivity index (χ0) is 41.9. The van der Waals surface area contributed by atoms with Crippen molar-refractivity contribution in [2.75, 3.05) is 0 Å². The largest absolute Gasteiger partial charge is 0.483 e. The van der Waals surface area contributed by atoms with E-state index in [1.165, 1.54) is 11.4 Å². The summed E-state index contributed by atoms with van der Waals surface area (Å²) in [6, 6.07) is 38.5. The van der Waals surface area contributed by atoms with Crippen molar-refractivity contribution in [1.29, 1.82) is 0 Å². The Kier molecular flexibility index (Phi) is 8.37. The van der Waals surface area contributed by atoms with Gasteiger partial charge in [-0.2, -0.15) is 11.3 Å². The van der Waals surface area contributed by atoms with E-state index < -0.39 is 27.2 Å². The number of hydrogen-bond acceptors (Lipinski definition) is 5. The van der Waals surface area contributed by atoms with Crippen LogP contribution in [0.1, 0.15) is 44.3 Å². The number of fused-ring (bicyclic) bond motifs is 6. The minimum absolute atomic E-state index is 0. The van der Waals surface area contributed by atoms with Crippen LogP contribution in [0.2, 0.25) is 19.6 Å². The summed E-state index contributed by atoms with van der Waals surface area (Å²) in [5.41, 5.74) is 6.61. The van der Waals surface area contributed by atoms with E-state index in [9.17, 15) is 0 Å². The Hall–Kier alpha value is -4.78. The maximum Gasteiger partial charge on any atom is 0.142 e. The molecule has 0 saturated carbocycles. The van der Waals surface area contributed by atoms with Crippen LogP contribution in [0, 0.1) is 26.0 Å². The third-order valence-corrected chi connectivity index (χ3v) is 13.0. The van der Waals surface area contributed by atoms with Crippen LogP contribution in [-0.2, 0) is 25.5 Å². The molecule has 271 valence electrons. The Morgan fingerprint density at radius 2 is 1.44 bits per heavy atom. The van der Waals surface area contributed by atoms with Gasteiger partial charge in [0, 0.05) is 50.8 Å². The average molecular weight is 922 g/mol. The van der Waals surface area contributed by atoms with Crippen molar-refractivity contribution in [3.05, 3.63) is 156 Å². The van der Waals surface area contributed by atoms with Gasteiger partial charge in [0.2, 0.25) is 0 Å². The molecule has 0 spiro atoms. The van der Waals surface area contributed by atoms with Crippen molar-refractivity contribution in [2.45, 2.75) is 52.6 Å². The van der Waals surface area contributed by atoms with E-state index in [0.29, 0.717) is 17.0 Å². The van der Waals surface area contributed by atoms with Gasteiger partial charge in [0.15, 0.2) is 0 Å². The molecule has 0 aliphatic rings. The van der Waals surface area contributed by atoms with Gasteiger partial charge >= 0.3 is 0 Å². The van der Waals surface area contributed by atoms with Crippen LogP contribution in [0.15, 0.2) is 126 Å². The van der Waals surface area contributed by atoms with Gasteiger partial charge < -0.3 is 19.4 Å². The molecule has 5 aromatic heterocycles. The van der Waals surface area contributed by atoms with E-state index in [4.69, 9.17) is 17.6 Å². The number of pyridine rings is 3. The summed E-state index contributed by atoms with van der Waals surface area (Å²) in [4.78, 5) is 13.7. The van der Waals surface area contributed by atoms with E-state index in [1.54, 1.807) is 29.5 Å². The van der Waals surface area contributed by atoms with Gasteiger partial charge in [-0.1, -0.05) is 137 Å². The summed E-state index contributed by atoms with van der Waals surface area (Å²) in [7, 11) is -1.42. The third-order valence-electron chi connectivity index (χ3n) is 9.82. The first-order chi connectivity index (χ1) is 27.9. The number of nitrogens with zero attached hydrogens (tertiary/aromatic N) is 3. The summed E-state index contributed by atoms with van der Waals surface area (Å²) >= 11 is 1.61. The van der Waals surface area contributed by atoms with E-state index in [-0.39, 0.29) is 25.7 Å². The number of furan rings is 1. The molecule has 9 rings (SSSR count). The van der Waals surface area contributed by atoms with Crippen LogP contribution in [0.5, 0.6) is 0 Å². The van der Waals surface area contributed by atoms with Crippen molar-refractivity contribution < 1.29 is 32.7 Å². The van der Waals surface area contributed by atoms with Gasteiger partial charge in [0.05, 0.1) is 8.07 Å². The topological polar surface area (TPSA) is 51.8 Å². The van der Waals surface area contributed by atoms with Crippen molar-refractivity contribution in [1.82, 2.24) is 15.0 Å². The molecule has 0 atom stereocenters. The quantitative estimate of drug-likeness (QED) is 0.127. The fraction of sp³-hybridized carbons (Fsp3) is 0.170. The number of rotatable bonds is 5. The maximum atomic E-state index is 7.95. The summed E-state index contributed by atoms with van der Waals surface area (Å²) in [6.07, 6.45) is 6.52. The average Bonchev–Trinajstić information content (AvgIpc) is 3.79. The van der Waals surface area contributed by atoms with E-state index in [1.807, 2.05) is 79.0 Å². The fourth-order valence-electron chi connectivity index (χ4n) is 6.94. The zero-order valence-electron chi connectivity index (χ0n) is 36.5. The molecule has 0 saturated heterocycles. The molecule has 0 aliphatic heterocycles. The zero-order valence-corrected chi connectivity index (χ0v) is 34.8. The molecule has 1 radical (unpaired) electrons. The first-order valence-electron chi connectivity index (χ1n) is 20.5.